The fourth-order valence-corrected chi connectivity index (χ4v) is 5.33. The van der Waals surface area contributed by atoms with Crippen LogP contribution in [0, 0.1) is 5.41 Å². The number of hydrogen-bond donors (Lipinski definition) is 1. The number of amides is 1. The molecule has 2 unspecified atom stereocenters. The van der Waals surface area contributed by atoms with Gasteiger partial charge in [0.25, 0.3) is 0 Å². The van der Waals surface area contributed by atoms with Gasteiger partial charge in [0.05, 0.1) is 11.1 Å². The zero-order valence-electron chi connectivity index (χ0n) is 17.8. The van der Waals surface area contributed by atoms with Gasteiger partial charge >= 0.3 is 0 Å². The number of piperazine rings is 1. The van der Waals surface area contributed by atoms with Gasteiger partial charge in [0, 0.05) is 50.6 Å². The fourth-order valence-electron chi connectivity index (χ4n) is 4.17. The van der Waals surface area contributed by atoms with Crippen molar-refractivity contribution in [1.82, 2.24) is 15.2 Å². The highest BCUT2D eigenvalue weighted by Crippen LogP contribution is 2.36. The summed E-state index contributed by atoms with van der Waals surface area (Å²) in [6.07, 6.45) is 5.13. The molecule has 4 rings (SSSR count). The fraction of sp³-hybridized carbons (Fsp3) is 0.591. The summed E-state index contributed by atoms with van der Waals surface area (Å²) in [5.41, 5.74) is 3.98. The molecule has 1 fully saturated rings. The molecule has 29 heavy (non-hydrogen) atoms. The number of rotatable bonds is 3. The van der Waals surface area contributed by atoms with Gasteiger partial charge in [-0.15, -0.1) is 11.8 Å². The summed E-state index contributed by atoms with van der Waals surface area (Å²) in [6, 6.07) is 4.46. The maximum Gasteiger partial charge on any atom is 0.219 e. The van der Waals surface area contributed by atoms with Crippen LogP contribution in [0.5, 0.6) is 0 Å². The van der Waals surface area contributed by atoms with E-state index in [-0.39, 0.29) is 17.4 Å². The molecule has 3 aliphatic rings. The molecular formula is C22H31N5OS. The van der Waals surface area contributed by atoms with Gasteiger partial charge in [-0.2, -0.15) is 0 Å². The highest BCUT2D eigenvalue weighted by Gasteiger charge is 2.35. The van der Waals surface area contributed by atoms with Gasteiger partial charge in [-0.3, -0.25) is 9.79 Å². The lowest BCUT2D eigenvalue weighted by Crippen LogP contribution is -2.48. The second kappa shape index (κ2) is 8.01. The van der Waals surface area contributed by atoms with Crippen LogP contribution in [0.4, 0.5) is 5.82 Å². The predicted molar refractivity (Wildman–Crippen MR) is 121 cm³/mol. The topological polar surface area (TPSA) is 60.8 Å². The first-order chi connectivity index (χ1) is 13.8. The number of anilines is 1. The summed E-state index contributed by atoms with van der Waals surface area (Å²) in [5.74, 6) is 2.04. The molecule has 0 aliphatic carbocycles. The highest BCUT2D eigenvalue weighted by atomic mass is 32.2. The minimum absolute atomic E-state index is 0.152. The van der Waals surface area contributed by atoms with E-state index in [0.29, 0.717) is 5.37 Å². The molecule has 1 saturated heterocycles. The van der Waals surface area contributed by atoms with Gasteiger partial charge in [-0.1, -0.05) is 20.8 Å². The molecule has 0 aromatic carbocycles. The highest BCUT2D eigenvalue weighted by molar-refractivity contribution is 8.00. The summed E-state index contributed by atoms with van der Waals surface area (Å²) in [7, 11) is 0. The minimum Gasteiger partial charge on any atom is -0.377 e. The maximum atomic E-state index is 11.6. The van der Waals surface area contributed by atoms with Gasteiger partial charge in [0.15, 0.2) is 0 Å². The van der Waals surface area contributed by atoms with Crippen molar-refractivity contribution < 1.29 is 4.79 Å². The lowest BCUT2D eigenvalue weighted by molar-refractivity contribution is -0.129. The number of nitrogens with zero attached hydrogens (tertiary/aromatic N) is 4. The zero-order chi connectivity index (χ0) is 20.6. The van der Waals surface area contributed by atoms with Crippen LogP contribution >= 0.6 is 11.8 Å². The number of carbonyl (C=O) groups excluding carboxylic acids is 1. The molecule has 0 saturated carbocycles. The molecule has 1 N–H and O–H groups in total. The Morgan fingerprint density at radius 1 is 1.28 bits per heavy atom. The van der Waals surface area contributed by atoms with E-state index in [1.165, 1.54) is 5.57 Å². The molecule has 4 heterocycles. The average molecular weight is 414 g/mol. The van der Waals surface area contributed by atoms with E-state index in [1.54, 1.807) is 6.92 Å². The standard InChI is InChI=1S/C22H31N5OS/c1-15(28)26-7-9-27(10-8-26)19-11-16(5-6-23-19)18-14-29-21-20(25-18)17(13-24-21)12-22(2,3)4/h5-6,11,13,20-21,24H,7-10,12,14H2,1-4H3. The zero-order valence-corrected chi connectivity index (χ0v) is 18.6. The van der Waals surface area contributed by atoms with Crippen molar-refractivity contribution in [3.63, 3.8) is 0 Å². The third kappa shape index (κ3) is 4.60. The average Bonchev–Trinajstić information content (AvgIpc) is 3.08. The molecule has 156 valence electrons. The van der Waals surface area contributed by atoms with E-state index in [2.05, 4.69) is 54.3 Å². The molecule has 0 spiro atoms. The molecule has 7 heteroatoms. The molecule has 1 aromatic heterocycles. The normalized spacial score (nSPS) is 24.6. The SMILES string of the molecule is CC(=O)N1CCN(c2cc(C3=NC4C(CC(C)(C)C)=CNC4SC3)ccn2)CC1. The van der Waals surface area contributed by atoms with Crippen LogP contribution in [0.1, 0.15) is 39.7 Å². The minimum atomic E-state index is 0.152. The molecule has 0 radical (unpaired) electrons. The first-order valence-electron chi connectivity index (χ1n) is 10.4. The molecule has 1 amide bonds. The van der Waals surface area contributed by atoms with Crippen molar-refractivity contribution in [2.24, 2.45) is 10.4 Å². The number of pyridine rings is 1. The molecule has 1 aromatic rings. The third-order valence-corrected chi connectivity index (χ3v) is 6.85. The summed E-state index contributed by atoms with van der Waals surface area (Å²) >= 11 is 1.94. The Bertz CT molecular complexity index is 836. The van der Waals surface area contributed by atoms with Crippen molar-refractivity contribution in [3.8, 4) is 0 Å². The van der Waals surface area contributed by atoms with Gasteiger partial charge in [-0.05, 0) is 35.7 Å². The van der Waals surface area contributed by atoms with Crippen LogP contribution in [0.3, 0.4) is 0 Å². The molecule has 3 aliphatic heterocycles. The monoisotopic (exact) mass is 413 g/mol. The number of thioether (sulfide) groups is 1. The number of hydrogen-bond acceptors (Lipinski definition) is 6. The Morgan fingerprint density at radius 3 is 2.72 bits per heavy atom. The van der Waals surface area contributed by atoms with E-state index in [0.717, 1.165) is 55.4 Å². The number of fused-ring (bicyclic) bond motifs is 1. The molecular weight excluding hydrogens is 382 g/mol. The van der Waals surface area contributed by atoms with Crippen molar-refractivity contribution in [2.75, 3.05) is 36.8 Å². The van der Waals surface area contributed by atoms with Crippen molar-refractivity contribution in [2.45, 2.75) is 45.5 Å². The molecule has 2 atom stereocenters. The van der Waals surface area contributed by atoms with E-state index >= 15 is 0 Å². The number of aromatic nitrogens is 1. The van der Waals surface area contributed by atoms with Crippen molar-refractivity contribution in [1.29, 1.82) is 0 Å². The predicted octanol–water partition coefficient (Wildman–Crippen LogP) is 2.90. The van der Waals surface area contributed by atoms with Crippen LogP contribution < -0.4 is 10.2 Å². The van der Waals surface area contributed by atoms with E-state index < -0.39 is 0 Å². The Labute approximate surface area is 177 Å². The maximum absolute atomic E-state index is 11.6. The summed E-state index contributed by atoms with van der Waals surface area (Å²) in [4.78, 5) is 25.5. The quantitative estimate of drug-likeness (QED) is 0.826. The largest absolute Gasteiger partial charge is 0.377 e. The summed E-state index contributed by atoms with van der Waals surface area (Å²) in [5, 5.41) is 3.88. The first-order valence-corrected chi connectivity index (χ1v) is 11.5. The number of nitrogens with one attached hydrogen (secondary N) is 1. The first kappa shape index (κ1) is 20.3. The van der Waals surface area contributed by atoms with Crippen LogP contribution in [0.15, 0.2) is 35.1 Å². The Hall–Kier alpha value is -2.02. The number of carbonyl (C=O) groups is 1. The van der Waals surface area contributed by atoms with Gasteiger partial charge in [0.2, 0.25) is 5.91 Å². The van der Waals surface area contributed by atoms with Gasteiger partial charge in [0.1, 0.15) is 11.9 Å². The van der Waals surface area contributed by atoms with Gasteiger partial charge < -0.3 is 15.1 Å². The van der Waals surface area contributed by atoms with E-state index in [4.69, 9.17) is 4.99 Å². The second-order valence-electron chi connectivity index (χ2n) is 9.27. The smallest absolute Gasteiger partial charge is 0.219 e. The summed E-state index contributed by atoms with van der Waals surface area (Å²) in [6.45, 7) is 11.6. The summed E-state index contributed by atoms with van der Waals surface area (Å²) < 4.78 is 0. The lowest BCUT2D eigenvalue weighted by Gasteiger charge is -2.35. The third-order valence-electron chi connectivity index (χ3n) is 5.66. The van der Waals surface area contributed by atoms with E-state index in [9.17, 15) is 4.79 Å². The second-order valence-corrected chi connectivity index (χ2v) is 10.4. The van der Waals surface area contributed by atoms with Crippen LogP contribution in [-0.4, -0.2) is 64.9 Å². The number of aliphatic imine (C=N–C) groups is 1. The Balaban J connectivity index is 1.50. The van der Waals surface area contributed by atoms with Crippen LogP contribution in [0.2, 0.25) is 0 Å². The molecule has 0 bridgehead atoms. The van der Waals surface area contributed by atoms with Crippen LogP contribution in [0.25, 0.3) is 0 Å². The Morgan fingerprint density at radius 2 is 2.03 bits per heavy atom. The van der Waals surface area contributed by atoms with Crippen molar-refractivity contribution >= 4 is 29.2 Å². The Kier molecular flexibility index (Phi) is 5.60. The van der Waals surface area contributed by atoms with Crippen molar-refractivity contribution in [3.05, 3.63) is 35.7 Å². The lowest BCUT2D eigenvalue weighted by atomic mass is 9.86. The van der Waals surface area contributed by atoms with Crippen LogP contribution in [-0.2, 0) is 4.79 Å². The van der Waals surface area contributed by atoms with E-state index in [1.807, 2.05) is 22.9 Å². The molecule has 6 nitrogen and oxygen atoms in total. The van der Waals surface area contributed by atoms with Gasteiger partial charge in [-0.25, -0.2) is 4.98 Å².